The number of hydrogen-bond donors (Lipinski definition) is 1. The molecule has 0 unspecified atom stereocenters. The Hall–Kier alpha value is -2.40. The van der Waals surface area contributed by atoms with Crippen LogP contribution in [0.4, 0.5) is 5.69 Å². The van der Waals surface area contributed by atoms with Crippen molar-refractivity contribution in [3.05, 3.63) is 64.6 Å². The quantitative estimate of drug-likeness (QED) is 0.905. The lowest BCUT2D eigenvalue weighted by molar-refractivity contribution is -0.117. The van der Waals surface area contributed by atoms with Gasteiger partial charge in [-0.1, -0.05) is 30.3 Å². The van der Waals surface area contributed by atoms with Crippen LogP contribution in [0.1, 0.15) is 5.56 Å². The Bertz CT molecular complexity index is 665. The van der Waals surface area contributed by atoms with Gasteiger partial charge in [-0.15, -0.1) is 0 Å². The SMILES string of the molecule is CN(CC(=O)Nc1ccc(=O)n(C)c1)Cc1ccccc1. The van der Waals surface area contributed by atoms with E-state index in [9.17, 15) is 9.59 Å². The summed E-state index contributed by atoms with van der Waals surface area (Å²) in [5.74, 6) is -0.105. The summed E-state index contributed by atoms with van der Waals surface area (Å²) in [7, 11) is 3.55. The van der Waals surface area contributed by atoms with Gasteiger partial charge in [0.25, 0.3) is 0 Å². The zero-order valence-electron chi connectivity index (χ0n) is 12.2. The van der Waals surface area contributed by atoms with Gasteiger partial charge in [-0.3, -0.25) is 14.5 Å². The molecule has 2 rings (SSSR count). The molecule has 0 fully saturated rings. The van der Waals surface area contributed by atoms with E-state index < -0.39 is 0 Å². The molecule has 2 aromatic rings. The summed E-state index contributed by atoms with van der Waals surface area (Å²) in [4.78, 5) is 25.2. The number of anilines is 1. The van der Waals surface area contributed by atoms with Crippen molar-refractivity contribution in [3.8, 4) is 0 Å². The first-order chi connectivity index (χ1) is 10.0. The minimum Gasteiger partial charge on any atom is -0.324 e. The number of amides is 1. The number of carbonyl (C=O) groups is 1. The van der Waals surface area contributed by atoms with Gasteiger partial charge in [0.15, 0.2) is 0 Å². The number of hydrogen-bond acceptors (Lipinski definition) is 3. The molecule has 0 aliphatic carbocycles. The van der Waals surface area contributed by atoms with Crippen LogP contribution in [0.2, 0.25) is 0 Å². The highest BCUT2D eigenvalue weighted by Gasteiger charge is 2.08. The van der Waals surface area contributed by atoms with E-state index in [4.69, 9.17) is 0 Å². The van der Waals surface area contributed by atoms with Crippen molar-refractivity contribution in [2.45, 2.75) is 6.54 Å². The van der Waals surface area contributed by atoms with E-state index in [0.717, 1.165) is 5.56 Å². The van der Waals surface area contributed by atoms with E-state index in [2.05, 4.69) is 5.32 Å². The van der Waals surface area contributed by atoms with Gasteiger partial charge in [-0.25, -0.2) is 0 Å². The van der Waals surface area contributed by atoms with Crippen molar-refractivity contribution in [2.75, 3.05) is 18.9 Å². The maximum atomic E-state index is 12.0. The van der Waals surface area contributed by atoms with Gasteiger partial charge in [-0.05, 0) is 18.7 Å². The molecule has 0 radical (unpaired) electrons. The fourth-order valence-electron chi connectivity index (χ4n) is 2.06. The second-order valence-electron chi connectivity index (χ2n) is 5.07. The zero-order valence-corrected chi connectivity index (χ0v) is 12.2. The topological polar surface area (TPSA) is 54.3 Å². The summed E-state index contributed by atoms with van der Waals surface area (Å²) < 4.78 is 1.43. The second kappa shape index (κ2) is 6.85. The van der Waals surface area contributed by atoms with Crippen LogP contribution < -0.4 is 10.9 Å². The highest BCUT2D eigenvalue weighted by atomic mass is 16.2. The minimum atomic E-state index is -0.105. The van der Waals surface area contributed by atoms with E-state index in [1.54, 1.807) is 19.3 Å². The number of pyridine rings is 1. The van der Waals surface area contributed by atoms with E-state index in [-0.39, 0.29) is 18.0 Å². The average molecular weight is 285 g/mol. The maximum Gasteiger partial charge on any atom is 0.250 e. The standard InChI is InChI=1S/C16H19N3O2/c1-18(10-13-6-4-3-5-7-13)12-15(20)17-14-8-9-16(21)19(2)11-14/h3-9,11H,10,12H2,1-2H3,(H,17,20). The molecule has 1 aromatic carbocycles. The second-order valence-corrected chi connectivity index (χ2v) is 5.07. The number of likely N-dealkylation sites (N-methyl/N-ethyl adjacent to an activating group) is 1. The summed E-state index contributed by atoms with van der Waals surface area (Å²) in [6.45, 7) is 0.999. The Morgan fingerprint density at radius 1 is 1.19 bits per heavy atom. The van der Waals surface area contributed by atoms with Gasteiger partial charge in [0.2, 0.25) is 11.5 Å². The van der Waals surface area contributed by atoms with Crippen molar-refractivity contribution in [2.24, 2.45) is 7.05 Å². The molecule has 1 amide bonds. The normalized spacial score (nSPS) is 10.6. The lowest BCUT2D eigenvalue weighted by Gasteiger charge is -2.16. The molecule has 1 N–H and O–H groups in total. The molecule has 21 heavy (non-hydrogen) atoms. The van der Waals surface area contributed by atoms with Crippen LogP contribution in [0, 0.1) is 0 Å². The van der Waals surface area contributed by atoms with Crippen molar-refractivity contribution < 1.29 is 4.79 Å². The van der Waals surface area contributed by atoms with Gasteiger partial charge >= 0.3 is 0 Å². The summed E-state index contributed by atoms with van der Waals surface area (Å²) in [6, 6.07) is 13.0. The smallest absolute Gasteiger partial charge is 0.250 e. The van der Waals surface area contributed by atoms with Crippen molar-refractivity contribution in [1.82, 2.24) is 9.47 Å². The lowest BCUT2D eigenvalue weighted by Crippen LogP contribution is -2.30. The summed E-state index contributed by atoms with van der Waals surface area (Å²) in [6.07, 6.45) is 1.61. The monoisotopic (exact) mass is 285 g/mol. The third-order valence-corrected chi connectivity index (χ3v) is 3.08. The number of nitrogens with zero attached hydrogens (tertiary/aromatic N) is 2. The molecule has 0 saturated heterocycles. The fraction of sp³-hybridized carbons (Fsp3) is 0.250. The lowest BCUT2D eigenvalue weighted by atomic mass is 10.2. The summed E-state index contributed by atoms with van der Waals surface area (Å²) in [5.41, 5.74) is 1.68. The fourth-order valence-corrected chi connectivity index (χ4v) is 2.06. The molecule has 0 spiro atoms. The largest absolute Gasteiger partial charge is 0.324 e. The summed E-state index contributed by atoms with van der Waals surface area (Å²) >= 11 is 0. The van der Waals surface area contributed by atoms with Crippen LogP contribution >= 0.6 is 0 Å². The Morgan fingerprint density at radius 3 is 2.57 bits per heavy atom. The van der Waals surface area contributed by atoms with E-state index in [1.807, 2.05) is 42.3 Å². The van der Waals surface area contributed by atoms with E-state index >= 15 is 0 Å². The van der Waals surface area contributed by atoms with Crippen molar-refractivity contribution >= 4 is 11.6 Å². The third kappa shape index (κ3) is 4.57. The first-order valence-electron chi connectivity index (χ1n) is 6.73. The third-order valence-electron chi connectivity index (χ3n) is 3.08. The molecule has 0 bridgehead atoms. The molecule has 0 atom stereocenters. The number of aryl methyl sites for hydroxylation is 1. The highest BCUT2D eigenvalue weighted by molar-refractivity contribution is 5.92. The molecule has 0 saturated carbocycles. The van der Waals surface area contributed by atoms with E-state index in [1.165, 1.54) is 10.6 Å². The van der Waals surface area contributed by atoms with Crippen molar-refractivity contribution in [1.29, 1.82) is 0 Å². The number of nitrogens with one attached hydrogen (secondary N) is 1. The maximum absolute atomic E-state index is 12.0. The van der Waals surface area contributed by atoms with Crippen LogP contribution in [0.25, 0.3) is 0 Å². The summed E-state index contributed by atoms with van der Waals surface area (Å²) in [5, 5.41) is 2.79. The molecule has 0 aliphatic rings. The van der Waals surface area contributed by atoms with Crippen LogP contribution in [-0.4, -0.2) is 29.0 Å². The first-order valence-corrected chi connectivity index (χ1v) is 6.73. The van der Waals surface area contributed by atoms with Gasteiger partial charge in [0, 0.05) is 25.9 Å². The Kier molecular flexibility index (Phi) is 4.90. The number of rotatable bonds is 5. The predicted molar refractivity (Wildman–Crippen MR) is 83.1 cm³/mol. The Balaban J connectivity index is 1.89. The van der Waals surface area contributed by atoms with Gasteiger partial charge in [0.05, 0.1) is 12.2 Å². The number of carbonyl (C=O) groups excluding carboxylic acids is 1. The number of benzene rings is 1. The minimum absolute atomic E-state index is 0.103. The van der Waals surface area contributed by atoms with Crippen LogP contribution in [-0.2, 0) is 18.4 Å². The van der Waals surface area contributed by atoms with Gasteiger partial charge in [0.1, 0.15) is 0 Å². The molecule has 0 aliphatic heterocycles. The van der Waals surface area contributed by atoms with Crippen LogP contribution in [0.3, 0.4) is 0 Å². The average Bonchev–Trinajstić information content (AvgIpc) is 2.43. The van der Waals surface area contributed by atoms with Crippen LogP contribution in [0.15, 0.2) is 53.5 Å². The van der Waals surface area contributed by atoms with Crippen LogP contribution in [0.5, 0.6) is 0 Å². The molecule has 1 aromatic heterocycles. The zero-order chi connectivity index (χ0) is 15.2. The first kappa shape index (κ1) is 15.0. The van der Waals surface area contributed by atoms with Gasteiger partial charge < -0.3 is 9.88 Å². The molecule has 5 nitrogen and oxygen atoms in total. The number of aromatic nitrogens is 1. The van der Waals surface area contributed by atoms with Gasteiger partial charge in [-0.2, -0.15) is 0 Å². The Labute approximate surface area is 123 Å². The highest BCUT2D eigenvalue weighted by Crippen LogP contribution is 2.05. The van der Waals surface area contributed by atoms with Crippen molar-refractivity contribution in [3.63, 3.8) is 0 Å². The predicted octanol–water partition coefficient (Wildman–Crippen LogP) is 1.46. The molecule has 110 valence electrons. The Morgan fingerprint density at radius 2 is 1.90 bits per heavy atom. The molecular formula is C16H19N3O2. The molecular weight excluding hydrogens is 266 g/mol. The molecule has 5 heteroatoms. The molecule has 1 heterocycles. The van der Waals surface area contributed by atoms with E-state index in [0.29, 0.717) is 12.2 Å².